The van der Waals surface area contributed by atoms with Crippen molar-refractivity contribution in [2.24, 2.45) is 7.05 Å². The average Bonchev–Trinajstić information content (AvgIpc) is 2.78. The number of aliphatic hydroxyl groups excluding tert-OH is 1. The van der Waals surface area contributed by atoms with Crippen LogP contribution in [0.2, 0.25) is 0 Å². The van der Waals surface area contributed by atoms with Crippen molar-refractivity contribution in [1.82, 2.24) is 15.1 Å². The van der Waals surface area contributed by atoms with Gasteiger partial charge in [-0.1, -0.05) is 19.3 Å². The number of aliphatic hydroxyl groups is 1. The first-order chi connectivity index (χ1) is 9.66. The maximum Gasteiger partial charge on any atom is 0.0897 e. The summed E-state index contributed by atoms with van der Waals surface area (Å²) in [5, 5.41) is 17.4. The van der Waals surface area contributed by atoms with Crippen LogP contribution >= 0.6 is 0 Å². The highest BCUT2D eigenvalue weighted by Gasteiger charge is 2.15. The minimum atomic E-state index is -0.436. The van der Waals surface area contributed by atoms with Crippen LogP contribution in [0.15, 0.2) is 6.20 Å². The zero-order valence-corrected chi connectivity index (χ0v) is 12.6. The van der Waals surface area contributed by atoms with Gasteiger partial charge < -0.3 is 15.2 Å². The van der Waals surface area contributed by atoms with E-state index in [0.717, 1.165) is 25.1 Å². The van der Waals surface area contributed by atoms with Crippen molar-refractivity contribution in [3.05, 3.63) is 17.5 Å². The van der Waals surface area contributed by atoms with Crippen molar-refractivity contribution < 1.29 is 9.84 Å². The van der Waals surface area contributed by atoms with Crippen LogP contribution in [0.25, 0.3) is 0 Å². The number of aryl methyl sites for hydroxylation is 1. The Bertz CT molecular complexity index is 400. The molecule has 1 aromatic rings. The maximum absolute atomic E-state index is 9.92. The lowest BCUT2D eigenvalue weighted by atomic mass is 9.98. The molecule has 0 radical (unpaired) electrons. The average molecular weight is 281 g/mol. The molecular weight excluding hydrogens is 254 g/mol. The highest BCUT2D eigenvalue weighted by atomic mass is 16.5. The van der Waals surface area contributed by atoms with E-state index in [9.17, 15) is 5.11 Å². The summed E-state index contributed by atoms with van der Waals surface area (Å²) in [5.74, 6) is 0. The van der Waals surface area contributed by atoms with Gasteiger partial charge >= 0.3 is 0 Å². The van der Waals surface area contributed by atoms with E-state index in [2.05, 4.69) is 10.4 Å². The molecule has 1 aromatic heterocycles. The molecule has 2 N–H and O–H groups in total. The summed E-state index contributed by atoms with van der Waals surface area (Å²) in [6, 6.07) is 0. The zero-order chi connectivity index (χ0) is 14.4. The molecule has 0 aromatic carbocycles. The third-order valence-electron chi connectivity index (χ3n) is 4.11. The van der Waals surface area contributed by atoms with Crippen LogP contribution in [0.1, 0.15) is 43.4 Å². The first kappa shape index (κ1) is 15.5. The van der Waals surface area contributed by atoms with Gasteiger partial charge in [0.15, 0.2) is 0 Å². The Hall–Kier alpha value is -0.910. The van der Waals surface area contributed by atoms with Crippen LogP contribution < -0.4 is 5.32 Å². The Balaban J connectivity index is 1.60. The molecule has 0 saturated heterocycles. The number of nitrogens with zero attached hydrogens (tertiary/aromatic N) is 2. The lowest BCUT2D eigenvalue weighted by Gasteiger charge is -2.23. The third kappa shape index (κ3) is 4.58. The summed E-state index contributed by atoms with van der Waals surface area (Å²) in [4.78, 5) is 0. The Morgan fingerprint density at radius 3 is 2.85 bits per heavy atom. The minimum Gasteiger partial charge on any atom is -0.389 e. The van der Waals surface area contributed by atoms with E-state index in [1.165, 1.54) is 24.8 Å². The number of aromatic nitrogens is 2. The molecule has 1 aliphatic rings. The third-order valence-corrected chi connectivity index (χ3v) is 4.11. The molecule has 0 bridgehead atoms. The first-order valence-electron chi connectivity index (χ1n) is 7.64. The van der Waals surface area contributed by atoms with Crippen LogP contribution in [0.5, 0.6) is 0 Å². The highest BCUT2D eigenvalue weighted by molar-refractivity contribution is 5.15. The molecule has 5 heteroatoms. The van der Waals surface area contributed by atoms with E-state index in [1.54, 1.807) is 0 Å². The van der Waals surface area contributed by atoms with E-state index < -0.39 is 6.10 Å². The van der Waals surface area contributed by atoms with E-state index in [0.29, 0.717) is 19.3 Å². The predicted molar refractivity (Wildman–Crippen MR) is 78.5 cm³/mol. The molecule has 1 atom stereocenters. The van der Waals surface area contributed by atoms with E-state index in [4.69, 9.17) is 4.74 Å². The molecule has 114 valence electrons. The van der Waals surface area contributed by atoms with Gasteiger partial charge in [0.1, 0.15) is 0 Å². The van der Waals surface area contributed by atoms with Gasteiger partial charge in [-0.3, -0.25) is 4.68 Å². The topological polar surface area (TPSA) is 59.3 Å². The fourth-order valence-corrected chi connectivity index (χ4v) is 2.63. The van der Waals surface area contributed by atoms with Gasteiger partial charge in [-0.15, -0.1) is 0 Å². The summed E-state index contributed by atoms with van der Waals surface area (Å²) < 4.78 is 7.63. The van der Waals surface area contributed by atoms with Crippen molar-refractivity contribution in [1.29, 1.82) is 0 Å². The van der Waals surface area contributed by atoms with Crippen LogP contribution in [0.3, 0.4) is 0 Å². The second-order valence-electron chi connectivity index (χ2n) is 5.76. The quantitative estimate of drug-likeness (QED) is 0.796. The molecule has 1 aliphatic carbocycles. The van der Waals surface area contributed by atoms with Crippen molar-refractivity contribution in [2.45, 2.75) is 57.8 Å². The maximum atomic E-state index is 9.92. The van der Waals surface area contributed by atoms with Crippen molar-refractivity contribution >= 4 is 0 Å². The molecular formula is C15H27N3O2. The second kappa shape index (κ2) is 7.76. The molecule has 5 nitrogen and oxygen atoms in total. The standard InChI is InChI=1S/C15H27N3O2/c1-12-13(9-17-18(12)2)8-16-10-14(19)11-20-15-6-4-3-5-7-15/h9,14-16,19H,3-8,10-11H2,1-2H3. The zero-order valence-electron chi connectivity index (χ0n) is 12.6. The number of rotatable bonds is 7. The Morgan fingerprint density at radius 2 is 2.20 bits per heavy atom. The van der Waals surface area contributed by atoms with Crippen LogP contribution in [0, 0.1) is 6.92 Å². The number of ether oxygens (including phenoxy) is 1. The summed E-state index contributed by atoms with van der Waals surface area (Å²) in [7, 11) is 1.94. The van der Waals surface area contributed by atoms with E-state index in [-0.39, 0.29) is 0 Å². The number of hydrogen-bond donors (Lipinski definition) is 2. The Kier molecular flexibility index (Phi) is 6.01. The first-order valence-corrected chi connectivity index (χ1v) is 7.64. The van der Waals surface area contributed by atoms with Gasteiger partial charge in [0.25, 0.3) is 0 Å². The molecule has 1 heterocycles. The summed E-state index contributed by atoms with van der Waals surface area (Å²) in [5.41, 5.74) is 2.33. The van der Waals surface area contributed by atoms with E-state index in [1.807, 2.05) is 24.9 Å². The van der Waals surface area contributed by atoms with Crippen molar-refractivity contribution in [3.8, 4) is 0 Å². The Morgan fingerprint density at radius 1 is 1.45 bits per heavy atom. The van der Waals surface area contributed by atoms with E-state index >= 15 is 0 Å². The molecule has 20 heavy (non-hydrogen) atoms. The summed E-state index contributed by atoms with van der Waals surface area (Å²) in [6.07, 6.45) is 7.94. The van der Waals surface area contributed by atoms with Gasteiger partial charge in [0.05, 0.1) is 25.0 Å². The molecule has 0 spiro atoms. The smallest absolute Gasteiger partial charge is 0.0897 e. The van der Waals surface area contributed by atoms with Gasteiger partial charge in [0.2, 0.25) is 0 Å². The summed E-state index contributed by atoms with van der Waals surface area (Å²) >= 11 is 0. The Labute approximate surface area is 121 Å². The fraction of sp³-hybridized carbons (Fsp3) is 0.800. The van der Waals surface area contributed by atoms with Gasteiger partial charge in [-0.25, -0.2) is 0 Å². The normalized spacial score (nSPS) is 18.4. The highest BCUT2D eigenvalue weighted by Crippen LogP contribution is 2.20. The molecule has 1 unspecified atom stereocenters. The van der Waals surface area contributed by atoms with Gasteiger partial charge in [-0.2, -0.15) is 5.10 Å². The SMILES string of the molecule is Cc1c(CNCC(O)COC2CCCCC2)cnn1C. The molecule has 2 rings (SSSR count). The molecule has 0 amide bonds. The summed E-state index contributed by atoms with van der Waals surface area (Å²) in [6.45, 7) is 3.78. The monoisotopic (exact) mass is 281 g/mol. The van der Waals surface area contributed by atoms with Crippen LogP contribution in [-0.4, -0.2) is 40.2 Å². The fourth-order valence-electron chi connectivity index (χ4n) is 2.63. The van der Waals surface area contributed by atoms with Gasteiger partial charge in [0, 0.05) is 31.4 Å². The van der Waals surface area contributed by atoms with Gasteiger partial charge in [-0.05, 0) is 19.8 Å². The largest absolute Gasteiger partial charge is 0.389 e. The predicted octanol–water partition coefficient (Wildman–Crippen LogP) is 1.53. The van der Waals surface area contributed by atoms with Crippen LogP contribution in [-0.2, 0) is 18.3 Å². The number of nitrogens with one attached hydrogen (secondary N) is 1. The van der Waals surface area contributed by atoms with Crippen molar-refractivity contribution in [3.63, 3.8) is 0 Å². The lowest BCUT2D eigenvalue weighted by Crippen LogP contribution is -2.32. The molecule has 1 saturated carbocycles. The lowest BCUT2D eigenvalue weighted by molar-refractivity contribution is -0.0230. The second-order valence-corrected chi connectivity index (χ2v) is 5.76. The minimum absolute atomic E-state index is 0.360. The molecule has 1 fully saturated rings. The molecule has 0 aliphatic heterocycles. The van der Waals surface area contributed by atoms with Crippen molar-refractivity contribution in [2.75, 3.05) is 13.2 Å². The number of hydrogen-bond acceptors (Lipinski definition) is 4. The van der Waals surface area contributed by atoms with Crippen LogP contribution in [0.4, 0.5) is 0 Å².